The van der Waals surface area contributed by atoms with Gasteiger partial charge in [0.05, 0.1) is 21.2 Å². The minimum Gasteiger partial charge on any atom is -0.286 e. The van der Waals surface area contributed by atoms with Gasteiger partial charge in [0.25, 0.3) is 10.1 Å². The summed E-state index contributed by atoms with van der Waals surface area (Å²) in [6.07, 6.45) is 0.252. The molecule has 0 spiro atoms. The molecule has 17 heavy (non-hydrogen) atoms. The van der Waals surface area contributed by atoms with Crippen LogP contribution in [0.4, 0.5) is 0 Å². The number of hydrogen-bond acceptors (Lipinski definition) is 5. The molecule has 1 atom stereocenters. The van der Waals surface area contributed by atoms with Crippen LogP contribution in [0.2, 0.25) is 0 Å². The van der Waals surface area contributed by atoms with Gasteiger partial charge in [0.15, 0.2) is 0 Å². The minimum atomic E-state index is -3.93. The molecule has 2 rings (SSSR count). The van der Waals surface area contributed by atoms with Crippen molar-refractivity contribution >= 4 is 44.3 Å². The highest BCUT2D eigenvalue weighted by Gasteiger charge is 2.15. The number of hydrogen-bond donors (Lipinski definition) is 2. The van der Waals surface area contributed by atoms with Crippen molar-refractivity contribution in [2.75, 3.05) is 5.75 Å². The first-order valence-electron chi connectivity index (χ1n) is 4.94. The molecular weight excluding hydrogens is 278 g/mol. The Morgan fingerprint density at radius 3 is 2.76 bits per heavy atom. The van der Waals surface area contributed by atoms with Crippen LogP contribution in [0.3, 0.4) is 0 Å². The predicted octanol–water partition coefficient (Wildman–Crippen LogP) is 2.55. The topological polar surface area (TPSA) is 67.3 Å². The first-order valence-corrected chi connectivity index (χ1v) is 7.88. The first kappa shape index (κ1) is 12.8. The maximum atomic E-state index is 10.6. The van der Waals surface area contributed by atoms with Gasteiger partial charge in [0, 0.05) is 0 Å². The molecule has 0 bridgehead atoms. The lowest BCUT2D eigenvalue weighted by atomic mass is 10.3. The van der Waals surface area contributed by atoms with E-state index in [4.69, 9.17) is 4.55 Å². The number of para-hydroxylation sites is 1. The smallest absolute Gasteiger partial charge is 0.264 e. The molecule has 0 fully saturated rings. The molecule has 4 nitrogen and oxygen atoms in total. The standard InChI is InChI=1S/C10H11NO3S3/c12-17(13,14)6-5-8(15)10-11-7-3-1-2-4-9(7)16-10/h1-4,8,15H,5-6H2,(H,12,13,14). The fourth-order valence-electron chi connectivity index (χ4n) is 1.42. The van der Waals surface area contributed by atoms with Crippen molar-refractivity contribution in [2.24, 2.45) is 0 Å². The molecule has 0 aliphatic heterocycles. The Bertz CT molecular complexity index is 588. The zero-order chi connectivity index (χ0) is 12.5. The van der Waals surface area contributed by atoms with E-state index >= 15 is 0 Å². The van der Waals surface area contributed by atoms with Crippen molar-refractivity contribution < 1.29 is 13.0 Å². The van der Waals surface area contributed by atoms with Gasteiger partial charge in [-0.3, -0.25) is 4.55 Å². The van der Waals surface area contributed by atoms with Gasteiger partial charge in [-0.1, -0.05) is 12.1 Å². The van der Waals surface area contributed by atoms with Crippen LogP contribution in [0.25, 0.3) is 10.2 Å². The summed E-state index contributed by atoms with van der Waals surface area (Å²) in [5, 5.41) is 0.507. The van der Waals surface area contributed by atoms with Crippen molar-refractivity contribution in [3.63, 3.8) is 0 Å². The van der Waals surface area contributed by atoms with E-state index in [1.165, 1.54) is 11.3 Å². The van der Waals surface area contributed by atoms with Gasteiger partial charge in [0.2, 0.25) is 0 Å². The van der Waals surface area contributed by atoms with Crippen LogP contribution in [0, 0.1) is 0 Å². The largest absolute Gasteiger partial charge is 0.286 e. The van der Waals surface area contributed by atoms with Crippen molar-refractivity contribution in [3.8, 4) is 0 Å². The zero-order valence-electron chi connectivity index (χ0n) is 8.78. The summed E-state index contributed by atoms with van der Waals surface area (Å²) < 4.78 is 31.0. The summed E-state index contributed by atoms with van der Waals surface area (Å²) in [7, 11) is -3.93. The number of nitrogens with zero attached hydrogens (tertiary/aromatic N) is 1. The van der Waals surface area contributed by atoms with Crippen LogP contribution >= 0.6 is 24.0 Å². The average molecular weight is 289 g/mol. The van der Waals surface area contributed by atoms with Crippen molar-refractivity contribution in [1.29, 1.82) is 0 Å². The molecule has 1 aromatic heterocycles. The number of fused-ring (bicyclic) bond motifs is 1. The lowest BCUT2D eigenvalue weighted by Gasteiger charge is -2.04. The number of thiazole rings is 1. The maximum Gasteiger partial charge on any atom is 0.264 e. The number of thiol groups is 1. The molecule has 0 aliphatic rings. The van der Waals surface area contributed by atoms with Gasteiger partial charge in [-0.25, -0.2) is 4.98 Å². The lowest BCUT2D eigenvalue weighted by Crippen LogP contribution is -2.06. The van der Waals surface area contributed by atoms with Crippen LogP contribution < -0.4 is 0 Å². The zero-order valence-corrected chi connectivity index (χ0v) is 11.3. The van der Waals surface area contributed by atoms with Gasteiger partial charge in [0.1, 0.15) is 5.01 Å². The van der Waals surface area contributed by atoms with Gasteiger partial charge < -0.3 is 0 Å². The number of aromatic nitrogens is 1. The summed E-state index contributed by atoms with van der Waals surface area (Å²) >= 11 is 5.81. The Balaban J connectivity index is 2.16. The van der Waals surface area contributed by atoms with Crippen LogP contribution in [0.1, 0.15) is 16.7 Å². The third-order valence-electron chi connectivity index (χ3n) is 2.24. The Morgan fingerprint density at radius 2 is 2.12 bits per heavy atom. The number of benzene rings is 1. The van der Waals surface area contributed by atoms with E-state index in [9.17, 15) is 8.42 Å². The average Bonchev–Trinajstić information content (AvgIpc) is 2.68. The van der Waals surface area contributed by atoms with Crippen molar-refractivity contribution in [1.82, 2.24) is 4.98 Å². The van der Waals surface area contributed by atoms with E-state index in [2.05, 4.69) is 17.6 Å². The molecule has 1 aromatic carbocycles. The minimum absolute atomic E-state index is 0.252. The summed E-state index contributed by atoms with van der Waals surface area (Å²) in [4.78, 5) is 4.38. The fraction of sp³-hybridized carbons (Fsp3) is 0.300. The van der Waals surface area contributed by atoms with E-state index in [0.29, 0.717) is 0 Å². The van der Waals surface area contributed by atoms with Crippen LogP contribution in [-0.4, -0.2) is 23.7 Å². The van der Waals surface area contributed by atoms with E-state index in [1.807, 2.05) is 24.3 Å². The molecule has 1 heterocycles. The van der Waals surface area contributed by atoms with E-state index < -0.39 is 10.1 Å². The van der Waals surface area contributed by atoms with E-state index in [-0.39, 0.29) is 17.4 Å². The Labute approximate surface area is 109 Å². The second kappa shape index (κ2) is 4.93. The second-order valence-corrected chi connectivity index (χ2v) is 6.87. The molecule has 2 aromatic rings. The van der Waals surface area contributed by atoms with E-state index in [0.717, 1.165) is 15.2 Å². The monoisotopic (exact) mass is 289 g/mol. The third kappa shape index (κ3) is 3.41. The van der Waals surface area contributed by atoms with E-state index in [1.54, 1.807) is 0 Å². The molecule has 1 unspecified atom stereocenters. The highest BCUT2D eigenvalue weighted by Crippen LogP contribution is 2.31. The highest BCUT2D eigenvalue weighted by atomic mass is 32.2. The second-order valence-electron chi connectivity index (χ2n) is 3.61. The maximum absolute atomic E-state index is 10.6. The molecule has 0 aliphatic carbocycles. The Kier molecular flexibility index (Phi) is 3.72. The summed E-state index contributed by atoms with van der Waals surface area (Å²) in [5.41, 5.74) is 0.887. The molecule has 0 saturated carbocycles. The van der Waals surface area contributed by atoms with Gasteiger partial charge in [-0.05, 0) is 18.6 Å². The summed E-state index contributed by atoms with van der Waals surface area (Å²) in [5.74, 6) is -0.295. The SMILES string of the molecule is O=S(=O)(O)CCC(S)c1nc2ccccc2s1. The van der Waals surface area contributed by atoms with Crippen molar-refractivity contribution in [3.05, 3.63) is 29.3 Å². The molecule has 0 radical (unpaired) electrons. The molecule has 92 valence electrons. The fourth-order valence-corrected chi connectivity index (χ4v) is 3.46. The van der Waals surface area contributed by atoms with Crippen molar-refractivity contribution in [2.45, 2.75) is 11.7 Å². The molecule has 1 N–H and O–H groups in total. The van der Waals surface area contributed by atoms with Gasteiger partial charge in [-0.2, -0.15) is 21.0 Å². The third-order valence-corrected chi connectivity index (χ3v) is 4.82. The van der Waals surface area contributed by atoms with Crippen LogP contribution in [0.5, 0.6) is 0 Å². The van der Waals surface area contributed by atoms with Gasteiger partial charge >= 0.3 is 0 Å². The van der Waals surface area contributed by atoms with Gasteiger partial charge in [-0.15, -0.1) is 11.3 Å². The quantitative estimate of drug-likeness (QED) is 0.670. The molecule has 7 heteroatoms. The Hall–Kier alpha value is -0.630. The molecular formula is C10H11NO3S3. The highest BCUT2D eigenvalue weighted by molar-refractivity contribution is 7.85. The molecule has 0 saturated heterocycles. The Morgan fingerprint density at radius 1 is 1.41 bits per heavy atom. The van der Waals surface area contributed by atoms with Crippen LogP contribution in [0.15, 0.2) is 24.3 Å². The molecule has 0 amide bonds. The summed E-state index contributed by atoms with van der Waals surface area (Å²) in [6, 6.07) is 7.69. The normalized spacial score (nSPS) is 14.0. The van der Waals surface area contributed by atoms with Crippen LogP contribution in [-0.2, 0) is 10.1 Å². The number of rotatable bonds is 4. The predicted molar refractivity (Wildman–Crippen MR) is 72.4 cm³/mol. The summed E-state index contributed by atoms with van der Waals surface area (Å²) in [6.45, 7) is 0. The lowest BCUT2D eigenvalue weighted by molar-refractivity contribution is 0.481. The first-order chi connectivity index (χ1) is 7.96.